The molecule has 0 fully saturated rings. The maximum atomic E-state index is 5.94. The van der Waals surface area contributed by atoms with Gasteiger partial charge in [0.2, 0.25) is 0 Å². The molecule has 0 N–H and O–H groups in total. The molecule has 0 saturated carbocycles. The van der Waals surface area contributed by atoms with Crippen molar-refractivity contribution in [1.82, 2.24) is 9.88 Å². The third-order valence-corrected chi connectivity index (χ3v) is 3.24. The van der Waals surface area contributed by atoms with Crippen LogP contribution in [0, 0.1) is 0 Å². The lowest BCUT2D eigenvalue weighted by Crippen LogP contribution is -2.24. The van der Waals surface area contributed by atoms with E-state index in [1.54, 1.807) is 0 Å². The lowest BCUT2D eigenvalue weighted by atomic mass is 10.2. The van der Waals surface area contributed by atoms with Crippen LogP contribution in [0.2, 0.25) is 0 Å². The van der Waals surface area contributed by atoms with Crippen molar-refractivity contribution in [2.75, 3.05) is 39.1 Å². The Labute approximate surface area is 117 Å². The monoisotopic (exact) mass is 319 g/mol. The van der Waals surface area contributed by atoms with Gasteiger partial charge in [-0.15, -0.1) is 11.6 Å². The predicted octanol–water partition coefficient (Wildman–Crippen LogP) is 2.97. The molecule has 0 unspecified atom stereocenters. The van der Waals surface area contributed by atoms with Gasteiger partial charge >= 0.3 is 0 Å². The summed E-state index contributed by atoms with van der Waals surface area (Å²) >= 11 is 9.35. The fraction of sp³-hybridized carbons (Fsp3) is 0.583. The Morgan fingerprint density at radius 3 is 2.59 bits per heavy atom. The molecule has 1 rings (SSSR count). The molecule has 0 aliphatic rings. The Morgan fingerprint density at radius 1 is 1.29 bits per heavy atom. The van der Waals surface area contributed by atoms with Crippen LogP contribution in [0.5, 0.6) is 0 Å². The molecule has 5 heteroatoms. The van der Waals surface area contributed by atoms with Gasteiger partial charge in [-0.1, -0.05) is 0 Å². The van der Waals surface area contributed by atoms with E-state index in [1.807, 2.05) is 12.3 Å². The van der Waals surface area contributed by atoms with Crippen LogP contribution in [0.1, 0.15) is 12.0 Å². The predicted molar refractivity (Wildman–Crippen MR) is 77.9 cm³/mol. The van der Waals surface area contributed by atoms with Gasteiger partial charge in [0.1, 0.15) is 5.82 Å². The number of hydrogen-bond donors (Lipinski definition) is 0. The van der Waals surface area contributed by atoms with Crippen LogP contribution in [0.3, 0.4) is 0 Å². The average molecular weight is 321 g/mol. The Morgan fingerprint density at radius 2 is 2.00 bits per heavy atom. The van der Waals surface area contributed by atoms with E-state index in [2.05, 4.69) is 51.9 Å². The molecule has 17 heavy (non-hydrogen) atoms. The van der Waals surface area contributed by atoms with Crippen molar-refractivity contribution >= 4 is 33.3 Å². The molecule has 0 saturated heterocycles. The second kappa shape index (κ2) is 7.19. The van der Waals surface area contributed by atoms with Gasteiger partial charge in [-0.05, 0) is 49.1 Å². The number of hydrogen-bond acceptors (Lipinski definition) is 3. The van der Waals surface area contributed by atoms with Crippen molar-refractivity contribution < 1.29 is 0 Å². The number of alkyl halides is 1. The van der Waals surface area contributed by atoms with E-state index in [4.69, 9.17) is 11.6 Å². The first-order valence-electron chi connectivity index (χ1n) is 5.61. The van der Waals surface area contributed by atoms with E-state index in [0.717, 1.165) is 35.4 Å². The van der Waals surface area contributed by atoms with Crippen molar-refractivity contribution in [3.8, 4) is 0 Å². The normalized spacial score (nSPS) is 10.9. The van der Waals surface area contributed by atoms with Gasteiger partial charge in [0.15, 0.2) is 0 Å². The second-order valence-corrected chi connectivity index (χ2v) is 5.53. The molecule has 96 valence electrons. The summed E-state index contributed by atoms with van der Waals surface area (Å²) in [5.41, 5.74) is 1.06. The lowest BCUT2D eigenvalue weighted by molar-refractivity contribution is 0.401. The van der Waals surface area contributed by atoms with Gasteiger partial charge in [-0.3, -0.25) is 0 Å². The first-order chi connectivity index (χ1) is 8.04. The average Bonchev–Trinajstić information content (AvgIpc) is 2.28. The zero-order chi connectivity index (χ0) is 12.8. The van der Waals surface area contributed by atoms with Crippen LogP contribution < -0.4 is 4.90 Å². The zero-order valence-electron chi connectivity index (χ0n) is 10.6. The highest BCUT2D eigenvalue weighted by Gasteiger charge is 2.09. The molecule has 3 nitrogen and oxygen atoms in total. The zero-order valence-corrected chi connectivity index (χ0v) is 12.9. The van der Waals surface area contributed by atoms with E-state index in [-0.39, 0.29) is 0 Å². The summed E-state index contributed by atoms with van der Waals surface area (Å²) in [5.74, 6) is 1.46. The molecule has 0 amide bonds. The van der Waals surface area contributed by atoms with Gasteiger partial charge < -0.3 is 9.80 Å². The number of pyridine rings is 1. The van der Waals surface area contributed by atoms with Crippen molar-refractivity contribution in [2.45, 2.75) is 12.3 Å². The number of anilines is 1. The smallest absolute Gasteiger partial charge is 0.132 e. The summed E-state index contributed by atoms with van der Waals surface area (Å²) in [5, 5.41) is 0. The quantitative estimate of drug-likeness (QED) is 0.751. The van der Waals surface area contributed by atoms with E-state index < -0.39 is 0 Å². The minimum Gasteiger partial charge on any atom is -0.359 e. The number of aromatic nitrogens is 1. The highest BCUT2D eigenvalue weighted by atomic mass is 79.9. The van der Waals surface area contributed by atoms with Crippen LogP contribution >= 0.6 is 27.5 Å². The first-order valence-corrected chi connectivity index (χ1v) is 6.93. The fourth-order valence-electron chi connectivity index (χ4n) is 1.65. The molecule has 1 aromatic rings. The molecule has 0 bridgehead atoms. The van der Waals surface area contributed by atoms with Gasteiger partial charge in [0, 0.05) is 29.8 Å². The first kappa shape index (κ1) is 14.7. The summed E-state index contributed by atoms with van der Waals surface area (Å²) in [6.45, 7) is 2.06. The van der Waals surface area contributed by atoms with Crippen LogP contribution in [-0.4, -0.2) is 44.1 Å². The fourth-order valence-corrected chi connectivity index (χ4v) is 2.22. The highest BCUT2D eigenvalue weighted by molar-refractivity contribution is 9.10. The standard InChI is InChI=1S/C12H19BrClN3/c1-16(2)5-4-6-17(3)12-10(8-14)7-11(13)9-15-12/h7,9H,4-6,8H2,1-3H3. The highest BCUT2D eigenvalue weighted by Crippen LogP contribution is 2.22. The van der Waals surface area contributed by atoms with Crippen LogP contribution in [0.15, 0.2) is 16.7 Å². The summed E-state index contributed by atoms with van der Waals surface area (Å²) in [6.07, 6.45) is 2.93. The SMILES string of the molecule is CN(C)CCCN(C)c1ncc(Br)cc1CCl. The minimum absolute atomic E-state index is 0.486. The third-order valence-electron chi connectivity index (χ3n) is 2.51. The molecule has 1 heterocycles. The summed E-state index contributed by atoms with van der Waals surface area (Å²) in [7, 11) is 6.23. The van der Waals surface area contributed by atoms with E-state index in [9.17, 15) is 0 Å². The van der Waals surface area contributed by atoms with Crippen molar-refractivity contribution in [2.24, 2.45) is 0 Å². The van der Waals surface area contributed by atoms with E-state index in [1.165, 1.54) is 0 Å². The van der Waals surface area contributed by atoms with Crippen molar-refractivity contribution in [3.63, 3.8) is 0 Å². The van der Waals surface area contributed by atoms with E-state index in [0.29, 0.717) is 5.88 Å². The Bertz CT molecular complexity index is 358. The van der Waals surface area contributed by atoms with Gasteiger partial charge in [0.05, 0.1) is 5.88 Å². The van der Waals surface area contributed by atoms with E-state index >= 15 is 0 Å². The van der Waals surface area contributed by atoms with Gasteiger partial charge in [-0.2, -0.15) is 0 Å². The van der Waals surface area contributed by atoms with Crippen LogP contribution in [-0.2, 0) is 5.88 Å². The molecule has 0 radical (unpaired) electrons. The largest absolute Gasteiger partial charge is 0.359 e. The van der Waals surface area contributed by atoms with Crippen molar-refractivity contribution in [3.05, 3.63) is 22.3 Å². The second-order valence-electron chi connectivity index (χ2n) is 4.35. The van der Waals surface area contributed by atoms with Gasteiger partial charge in [-0.25, -0.2) is 4.98 Å². The minimum atomic E-state index is 0.486. The molecule has 0 aromatic carbocycles. The Balaban J connectivity index is 2.64. The number of nitrogens with zero attached hydrogens (tertiary/aromatic N) is 3. The van der Waals surface area contributed by atoms with Gasteiger partial charge in [0.25, 0.3) is 0 Å². The van der Waals surface area contributed by atoms with Crippen molar-refractivity contribution in [1.29, 1.82) is 0 Å². The number of rotatable bonds is 6. The molecule has 0 atom stereocenters. The molecular formula is C12H19BrClN3. The van der Waals surface area contributed by atoms with Crippen LogP contribution in [0.4, 0.5) is 5.82 Å². The summed E-state index contributed by atoms with van der Waals surface area (Å²) in [4.78, 5) is 8.77. The maximum absolute atomic E-state index is 5.94. The molecule has 1 aromatic heterocycles. The molecule has 0 spiro atoms. The Hall–Kier alpha value is -0.320. The maximum Gasteiger partial charge on any atom is 0.132 e. The van der Waals surface area contributed by atoms with Crippen LogP contribution in [0.25, 0.3) is 0 Å². The molecule has 0 aliphatic carbocycles. The molecule has 0 aliphatic heterocycles. The summed E-state index contributed by atoms with van der Waals surface area (Å²) < 4.78 is 0.971. The summed E-state index contributed by atoms with van der Waals surface area (Å²) in [6, 6.07) is 2.03. The number of halogens is 2. The third kappa shape index (κ3) is 4.82. The topological polar surface area (TPSA) is 19.4 Å². The molecular weight excluding hydrogens is 302 g/mol. The Kier molecular flexibility index (Phi) is 6.23. The lowest BCUT2D eigenvalue weighted by Gasteiger charge is -2.21.